The summed E-state index contributed by atoms with van der Waals surface area (Å²) in [6, 6.07) is 5.39. The first-order valence-electron chi connectivity index (χ1n) is 7.09. The topological polar surface area (TPSA) is 84.2 Å². The van der Waals surface area contributed by atoms with Gasteiger partial charge in [-0.05, 0) is 18.1 Å². The Labute approximate surface area is 150 Å². The van der Waals surface area contributed by atoms with E-state index in [-0.39, 0.29) is 28.9 Å². The fraction of sp³-hybridized carbons (Fsp3) is 0.467. The smallest absolute Gasteiger partial charge is 0.277 e. The molecule has 0 aliphatic heterocycles. The predicted molar refractivity (Wildman–Crippen MR) is 91.8 cm³/mol. The van der Waals surface area contributed by atoms with E-state index in [9.17, 15) is 18.4 Å². The van der Waals surface area contributed by atoms with Gasteiger partial charge >= 0.3 is 0 Å². The number of hydrogen-bond acceptors (Lipinski definition) is 3. The van der Waals surface area contributed by atoms with Crippen LogP contribution in [-0.2, 0) is 4.79 Å². The molecule has 136 valence electrons. The van der Waals surface area contributed by atoms with Gasteiger partial charge in [0.2, 0.25) is 5.91 Å². The minimum atomic E-state index is -3.19. The van der Waals surface area contributed by atoms with Gasteiger partial charge < -0.3 is 16.4 Å². The number of amides is 2. The molecule has 0 saturated heterocycles. The monoisotopic (exact) mass is 383 g/mol. The van der Waals surface area contributed by atoms with E-state index in [1.54, 1.807) is 32.0 Å². The van der Waals surface area contributed by atoms with Crippen molar-refractivity contribution in [3.8, 4) is 0 Å². The maximum atomic E-state index is 13.1. The zero-order valence-corrected chi connectivity index (χ0v) is 14.9. The van der Waals surface area contributed by atoms with Gasteiger partial charge in [-0.3, -0.25) is 9.59 Å². The van der Waals surface area contributed by atoms with E-state index < -0.39 is 36.9 Å². The Bertz CT molecular complexity index is 571. The molecule has 0 aromatic heterocycles. The molecule has 0 spiro atoms. The lowest BCUT2D eigenvalue weighted by atomic mass is 10.0. The zero-order valence-electron chi connectivity index (χ0n) is 13.3. The van der Waals surface area contributed by atoms with E-state index in [0.717, 1.165) is 0 Å². The van der Waals surface area contributed by atoms with Gasteiger partial charge in [-0.25, -0.2) is 8.78 Å². The van der Waals surface area contributed by atoms with Gasteiger partial charge in [0.25, 0.3) is 11.8 Å². The van der Waals surface area contributed by atoms with Gasteiger partial charge in [0, 0.05) is 0 Å². The second kappa shape index (κ2) is 9.76. The van der Waals surface area contributed by atoms with Crippen molar-refractivity contribution in [2.75, 3.05) is 13.1 Å². The van der Waals surface area contributed by atoms with Gasteiger partial charge in [0.05, 0.1) is 23.7 Å². The largest absolute Gasteiger partial charge is 0.348 e. The standard InChI is InChI=1S/C15H20ClF2N3O2.ClH/c1-9(2)12(14(23)20-8-15(17,18)7-19)21-13(22)10-5-3-4-6-11(10)16;/h3-6,9,12H,7-8,19H2,1-2H3,(H,20,23)(H,21,22);1H. The third kappa shape index (κ3) is 6.59. The Morgan fingerprint density at radius 1 is 1.29 bits per heavy atom. The SMILES string of the molecule is CC(C)C(NC(=O)c1ccccc1Cl)C(=O)NCC(F)(F)CN.Cl. The van der Waals surface area contributed by atoms with Crippen LogP contribution >= 0.6 is 24.0 Å². The van der Waals surface area contributed by atoms with E-state index in [0.29, 0.717) is 0 Å². The number of halogens is 4. The molecule has 24 heavy (non-hydrogen) atoms. The molecule has 0 radical (unpaired) electrons. The highest BCUT2D eigenvalue weighted by atomic mass is 35.5. The lowest BCUT2D eigenvalue weighted by Gasteiger charge is -2.23. The van der Waals surface area contributed by atoms with Crippen molar-refractivity contribution >= 4 is 35.8 Å². The minimum absolute atomic E-state index is 0. The van der Waals surface area contributed by atoms with Crippen molar-refractivity contribution in [3.63, 3.8) is 0 Å². The molecule has 1 unspecified atom stereocenters. The van der Waals surface area contributed by atoms with Crippen LogP contribution in [0.25, 0.3) is 0 Å². The fourth-order valence-corrected chi connectivity index (χ4v) is 2.02. The van der Waals surface area contributed by atoms with E-state index >= 15 is 0 Å². The molecule has 0 fully saturated rings. The fourth-order valence-electron chi connectivity index (χ4n) is 1.80. The molecule has 0 bridgehead atoms. The minimum Gasteiger partial charge on any atom is -0.348 e. The van der Waals surface area contributed by atoms with E-state index in [1.165, 1.54) is 6.07 Å². The summed E-state index contributed by atoms with van der Waals surface area (Å²) in [4.78, 5) is 24.3. The molecule has 4 N–H and O–H groups in total. The molecule has 5 nitrogen and oxygen atoms in total. The molecular weight excluding hydrogens is 363 g/mol. The number of benzene rings is 1. The van der Waals surface area contributed by atoms with Crippen LogP contribution < -0.4 is 16.4 Å². The van der Waals surface area contributed by atoms with Crippen molar-refractivity contribution < 1.29 is 18.4 Å². The number of alkyl halides is 2. The number of rotatable bonds is 7. The molecule has 1 rings (SSSR count). The summed E-state index contributed by atoms with van der Waals surface area (Å²) in [5.41, 5.74) is 5.12. The molecule has 1 atom stereocenters. The predicted octanol–water partition coefficient (Wildman–Crippen LogP) is 2.23. The van der Waals surface area contributed by atoms with Crippen molar-refractivity contribution in [2.45, 2.75) is 25.8 Å². The number of carbonyl (C=O) groups excluding carboxylic acids is 2. The Hall–Kier alpha value is -1.44. The molecule has 0 aliphatic carbocycles. The Morgan fingerprint density at radius 2 is 1.88 bits per heavy atom. The van der Waals surface area contributed by atoms with Crippen LogP contribution in [0.1, 0.15) is 24.2 Å². The summed E-state index contributed by atoms with van der Waals surface area (Å²) in [5, 5.41) is 4.86. The maximum absolute atomic E-state index is 13.1. The quantitative estimate of drug-likeness (QED) is 0.674. The summed E-state index contributed by atoms with van der Waals surface area (Å²) < 4.78 is 26.2. The molecule has 1 aromatic rings. The average Bonchev–Trinajstić information content (AvgIpc) is 2.50. The Morgan fingerprint density at radius 3 is 2.38 bits per heavy atom. The number of nitrogens with one attached hydrogen (secondary N) is 2. The van der Waals surface area contributed by atoms with Crippen molar-refractivity contribution in [3.05, 3.63) is 34.9 Å². The molecule has 0 aliphatic rings. The lowest BCUT2D eigenvalue weighted by Crippen LogP contribution is -2.52. The van der Waals surface area contributed by atoms with Crippen LogP contribution in [0.3, 0.4) is 0 Å². The van der Waals surface area contributed by atoms with Crippen LogP contribution in [-0.4, -0.2) is 36.9 Å². The highest BCUT2D eigenvalue weighted by molar-refractivity contribution is 6.33. The first-order chi connectivity index (χ1) is 10.7. The van der Waals surface area contributed by atoms with Crippen molar-refractivity contribution in [1.29, 1.82) is 0 Å². The van der Waals surface area contributed by atoms with Crippen LogP contribution in [0.2, 0.25) is 5.02 Å². The molecule has 1 aromatic carbocycles. The average molecular weight is 384 g/mol. The van der Waals surface area contributed by atoms with Gasteiger partial charge in [-0.2, -0.15) is 0 Å². The highest BCUT2D eigenvalue weighted by Crippen LogP contribution is 2.16. The van der Waals surface area contributed by atoms with Gasteiger partial charge in [-0.1, -0.05) is 37.6 Å². The van der Waals surface area contributed by atoms with E-state index in [4.69, 9.17) is 17.3 Å². The first kappa shape index (κ1) is 22.6. The molecule has 2 amide bonds. The maximum Gasteiger partial charge on any atom is 0.277 e. The summed E-state index contributed by atoms with van der Waals surface area (Å²) in [7, 11) is 0. The molecular formula is C15H21Cl2F2N3O2. The summed E-state index contributed by atoms with van der Waals surface area (Å²) in [6.07, 6.45) is 0. The van der Waals surface area contributed by atoms with Crippen LogP contribution in [0.5, 0.6) is 0 Å². The third-order valence-electron chi connectivity index (χ3n) is 3.17. The third-order valence-corrected chi connectivity index (χ3v) is 3.50. The van der Waals surface area contributed by atoms with Crippen molar-refractivity contribution in [1.82, 2.24) is 10.6 Å². The van der Waals surface area contributed by atoms with Crippen LogP contribution in [0.15, 0.2) is 24.3 Å². The van der Waals surface area contributed by atoms with Gasteiger partial charge in [-0.15, -0.1) is 12.4 Å². The lowest BCUT2D eigenvalue weighted by molar-refractivity contribution is -0.125. The summed E-state index contributed by atoms with van der Waals surface area (Å²) >= 11 is 5.93. The Kier molecular flexibility index (Phi) is 9.17. The first-order valence-corrected chi connectivity index (χ1v) is 7.46. The van der Waals surface area contributed by atoms with Crippen LogP contribution in [0, 0.1) is 5.92 Å². The zero-order chi connectivity index (χ0) is 17.6. The summed E-state index contributed by atoms with van der Waals surface area (Å²) in [6.45, 7) is 1.63. The van der Waals surface area contributed by atoms with E-state index in [1.807, 2.05) is 0 Å². The Balaban J connectivity index is 0.00000529. The van der Waals surface area contributed by atoms with Gasteiger partial charge in [0.15, 0.2) is 0 Å². The molecule has 0 heterocycles. The molecule has 9 heteroatoms. The second-order valence-corrected chi connectivity index (χ2v) is 5.86. The van der Waals surface area contributed by atoms with Crippen LogP contribution in [0.4, 0.5) is 8.78 Å². The highest BCUT2D eigenvalue weighted by Gasteiger charge is 2.31. The number of hydrogen-bond donors (Lipinski definition) is 3. The van der Waals surface area contributed by atoms with Gasteiger partial charge in [0.1, 0.15) is 6.04 Å². The van der Waals surface area contributed by atoms with Crippen molar-refractivity contribution in [2.24, 2.45) is 11.7 Å². The summed E-state index contributed by atoms with van der Waals surface area (Å²) in [5.74, 6) is -4.74. The molecule has 0 saturated carbocycles. The number of carbonyl (C=O) groups is 2. The van der Waals surface area contributed by atoms with E-state index in [2.05, 4.69) is 10.6 Å². The normalized spacial score (nSPS) is 12.3. The second-order valence-electron chi connectivity index (χ2n) is 5.45. The number of nitrogens with two attached hydrogens (primary N) is 1.